The van der Waals surface area contributed by atoms with Crippen molar-refractivity contribution in [3.8, 4) is 6.19 Å². The Balaban J connectivity index is 1.76. The highest BCUT2D eigenvalue weighted by Crippen LogP contribution is 2.24. The smallest absolute Gasteiger partial charge is 0.204 e. The maximum absolute atomic E-state index is 8.99. The van der Waals surface area contributed by atoms with Crippen LogP contribution in [0.3, 0.4) is 0 Å². The van der Waals surface area contributed by atoms with Crippen LogP contribution in [0.25, 0.3) is 0 Å². The number of guanidine groups is 1. The third kappa shape index (κ3) is 7.76. The SMILES string of the molecule is Cc1cc(N(C)C)oc1CSCCN=C(NC#N)NC1CCCCCCC1. The lowest BCUT2D eigenvalue weighted by Gasteiger charge is -2.22. The summed E-state index contributed by atoms with van der Waals surface area (Å²) in [5.74, 6) is 4.26. The average Bonchev–Trinajstić information content (AvgIpc) is 2.98. The van der Waals surface area contributed by atoms with E-state index >= 15 is 0 Å². The van der Waals surface area contributed by atoms with Crippen molar-refractivity contribution in [1.29, 1.82) is 5.26 Å². The Hall–Kier alpha value is -1.81. The number of rotatable bonds is 7. The van der Waals surface area contributed by atoms with Crippen molar-refractivity contribution < 1.29 is 4.42 Å². The van der Waals surface area contributed by atoms with Crippen molar-refractivity contribution in [3.63, 3.8) is 0 Å². The van der Waals surface area contributed by atoms with Gasteiger partial charge >= 0.3 is 0 Å². The first-order valence-electron chi connectivity index (χ1n) is 9.90. The molecule has 7 heteroatoms. The van der Waals surface area contributed by atoms with E-state index in [1.165, 1.54) is 37.7 Å². The molecule has 0 aliphatic heterocycles. The Morgan fingerprint density at radius 2 is 2.00 bits per heavy atom. The van der Waals surface area contributed by atoms with Crippen LogP contribution in [0.4, 0.5) is 5.88 Å². The molecule has 0 radical (unpaired) electrons. The quantitative estimate of drug-likeness (QED) is 0.240. The molecule has 27 heavy (non-hydrogen) atoms. The second-order valence-electron chi connectivity index (χ2n) is 7.29. The van der Waals surface area contributed by atoms with Crippen LogP contribution in [0, 0.1) is 18.4 Å². The standard InChI is InChI=1S/C20H33N5OS/c1-16-13-19(25(2)3)26-18(16)14-27-12-11-22-20(23-15-21)24-17-9-7-5-4-6-8-10-17/h13,17H,4-12,14H2,1-3H3,(H2,22,23,24). The van der Waals surface area contributed by atoms with E-state index in [0.717, 1.165) is 36.0 Å². The molecule has 0 amide bonds. The number of furan rings is 1. The minimum Gasteiger partial charge on any atom is -0.444 e. The third-order valence-corrected chi connectivity index (χ3v) is 5.74. The van der Waals surface area contributed by atoms with E-state index in [2.05, 4.69) is 28.6 Å². The Bertz CT molecular complexity index is 627. The fraction of sp³-hybridized carbons (Fsp3) is 0.700. The van der Waals surface area contributed by atoms with Crippen LogP contribution in [0.1, 0.15) is 56.3 Å². The fourth-order valence-corrected chi connectivity index (χ4v) is 4.06. The minimum atomic E-state index is 0.424. The molecule has 1 saturated carbocycles. The summed E-state index contributed by atoms with van der Waals surface area (Å²) >= 11 is 1.80. The molecule has 1 aliphatic rings. The predicted octanol–water partition coefficient (Wildman–Crippen LogP) is 4.02. The normalized spacial score (nSPS) is 16.3. The molecule has 6 nitrogen and oxygen atoms in total. The molecule has 1 aromatic rings. The zero-order valence-electron chi connectivity index (χ0n) is 16.9. The number of anilines is 1. The van der Waals surface area contributed by atoms with Gasteiger partial charge in [0.25, 0.3) is 0 Å². The lowest BCUT2D eigenvalue weighted by molar-refractivity contribution is 0.426. The molecule has 0 saturated heterocycles. The molecule has 0 bridgehead atoms. The second-order valence-corrected chi connectivity index (χ2v) is 8.40. The highest BCUT2D eigenvalue weighted by Gasteiger charge is 2.13. The molecule has 0 atom stereocenters. The van der Waals surface area contributed by atoms with Gasteiger partial charge in [0.15, 0.2) is 12.1 Å². The second kappa shape index (κ2) is 11.8. The zero-order chi connectivity index (χ0) is 19.5. The van der Waals surface area contributed by atoms with Crippen molar-refractivity contribution in [3.05, 3.63) is 17.4 Å². The molecule has 1 heterocycles. The van der Waals surface area contributed by atoms with Crippen molar-refractivity contribution in [2.24, 2.45) is 4.99 Å². The Kier molecular flexibility index (Phi) is 9.40. The van der Waals surface area contributed by atoms with Crippen molar-refractivity contribution >= 4 is 23.6 Å². The largest absolute Gasteiger partial charge is 0.444 e. The summed E-state index contributed by atoms with van der Waals surface area (Å²) in [5.41, 5.74) is 1.19. The number of nitrogens with zero attached hydrogens (tertiary/aromatic N) is 3. The Morgan fingerprint density at radius 3 is 2.63 bits per heavy atom. The van der Waals surface area contributed by atoms with E-state index in [0.29, 0.717) is 18.5 Å². The summed E-state index contributed by atoms with van der Waals surface area (Å²) in [7, 11) is 3.97. The fourth-order valence-electron chi connectivity index (χ4n) is 3.22. The first-order chi connectivity index (χ1) is 13.1. The maximum Gasteiger partial charge on any atom is 0.204 e. The number of hydrogen-bond acceptors (Lipinski definition) is 5. The molecule has 0 aromatic carbocycles. The molecule has 150 valence electrons. The van der Waals surface area contributed by atoms with E-state index in [-0.39, 0.29) is 0 Å². The van der Waals surface area contributed by atoms with Crippen LogP contribution in [0.15, 0.2) is 15.5 Å². The molecule has 2 N–H and O–H groups in total. The summed E-state index contributed by atoms with van der Waals surface area (Å²) in [6.45, 7) is 2.76. The van der Waals surface area contributed by atoms with Gasteiger partial charge in [-0.3, -0.25) is 10.3 Å². The van der Waals surface area contributed by atoms with Crippen LogP contribution in [0.5, 0.6) is 0 Å². The first-order valence-corrected chi connectivity index (χ1v) is 11.1. The molecule has 2 rings (SSSR count). The number of aliphatic imine (C=N–C) groups is 1. The summed E-state index contributed by atoms with van der Waals surface area (Å²) in [4.78, 5) is 6.54. The average molecular weight is 392 g/mol. The summed E-state index contributed by atoms with van der Waals surface area (Å²) in [6, 6.07) is 2.50. The summed E-state index contributed by atoms with van der Waals surface area (Å²) < 4.78 is 5.87. The van der Waals surface area contributed by atoms with Crippen LogP contribution < -0.4 is 15.5 Å². The first kappa shape index (κ1) is 21.5. The third-order valence-electron chi connectivity index (χ3n) is 4.81. The molecular formula is C20H33N5OS. The number of hydrogen-bond donors (Lipinski definition) is 2. The van der Waals surface area contributed by atoms with Gasteiger partial charge < -0.3 is 14.6 Å². The van der Waals surface area contributed by atoms with Crippen LogP contribution in [-0.2, 0) is 5.75 Å². The van der Waals surface area contributed by atoms with Gasteiger partial charge in [-0.2, -0.15) is 17.0 Å². The molecule has 1 fully saturated rings. The Morgan fingerprint density at radius 1 is 1.30 bits per heavy atom. The van der Waals surface area contributed by atoms with Gasteiger partial charge in [-0.15, -0.1) is 0 Å². The molecule has 0 unspecified atom stereocenters. The van der Waals surface area contributed by atoms with Crippen molar-refractivity contribution in [1.82, 2.24) is 10.6 Å². The van der Waals surface area contributed by atoms with Gasteiger partial charge in [0.05, 0.1) is 12.3 Å². The van der Waals surface area contributed by atoms with Crippen molar-refractivity contribution in [2.45, 2.75) is 63.7 Å². The number of thioether (sulfide) groups is 1. The van der Waals surface area contributed by atoms with E-state index < -0.39 is 0 Å². The van der Waals surface area contributed by atoms with E-state index in [9.17, 15) is 0 Å². The predicted molar refractivity (Wildman–Crippen MR) is 114 cm³/mol. The number of nitrogens with one attached hydrogen (secondary N) is 2. The molecule has 1 aliphatic carbocycles. The van der Waals surface area contributed by atoms with Gasteiger partial charge in [-0.05, 0) is 25.3 Å². The van der Waals surface area contributed by atoms with E-state index in [1.807, 2.05) is 25.2 Å². The van der Waals surface area contributed by atoms with Crippen LogP contribution >= 0.6 is 11.8 Å². The zero-order valence-corrected chi connectivity index (χ0v) is 17.7. The number of aryl methyl sites for hydroxylation is 1. The highest BCUT2D eigenvalue weighted by atomic mass is 32.2. The van der Waals surface area contributed by atoms with E-state index in [4.69, 9.17) is 9.68 Å². The summed E-state index contributed by atoms with van der Waals surface area (Å²) in [6.07, 6.45) is 10.8. The molecule has 0 spiro atoms. The van der Waals surface area contributed by atoms with Gasteiger partial charge in [-0.1, -0.05) is 32.1 Å². The van der Waals surface area contributed by atoms with Crippen LogP contribution in [0.2, 0.25) is 0 Å². The minimum absolute atomic E-state index is 0.424. The monoisotopic (exact) mass is 391 g/mol. The van der Waals surface area contributed by atoms with Crippen LogP contribution in [-0.4, -0.2) is 38.4 Å². The van der Waals surface area contributed by atoms with Gasteiger partial charge in [0.2, 0.25) is 5.96 Å². The van der Waals surface area contributed by atoms with Gasteiger partial charge in [-0.25, -0.2) is 0 Å². The van der Waals surface area contributed by atoms with Crippen molar-refractivity contribution in [2.75, 3.05) is 31.3 Å². The lowest BCUT2D eigenvalue weighted by Crippen LogP contribution is -2.42. The molecular weight excluding hydrogens is 358 g/mol. The topological polar surface area (TPSA) is 76.6 Å². The van der Waals surface area contributed by atoms with Gasteiger partial charge in [0.1, 0.15) is 5.76 Å². The maximum atomic E-state index is 8.99. The lowest BCUT2D eigenvalue weighted by atomic mass is 9.97. The highest BCUT2D eigenvalue weighted by molar-refractivity contribution is 7.98. The molecule has 1 aromatic heterocycles. The van der Waals surface area contributed by atoms with Gasteiger partial charge in [0, 0.05) is 32.0 Å². The Labute approximate surface area is 167 Å². The number of nitriles is 1. The summed E-state index contributed by atoms with van der Waals surface area (Å²) in [5, 5.41) is 15.1. The van der Waals surface area contributed by atoms with E-state index in [1.54, 1.807) is 11.8 Å².